The first-order valence-electron chi connectivity index (χ1n) is 9.46. The molecule has 1 fully saturated rings. The van der Waals surface area contributed by atoms with E-state index in [1.54, 1.807) is 0 Å². The molecule has 5 nitrogen and oxygen atoms in total. The van der Waals surface area contributed by atoms with Crippen LogP contribution in [0, 0.1) is 5.92 Å². The summed E-state index contributed by atoms with van der Waals surface area (Å²) in [6.45, 7) is 5.66. The molecule has 0 aromatic heterocycles. The van der Waals surface area contributed by atoms with Crippen molar-refractivity contribution in [2.45, 2.75) is 19.8 Å². The van der Waals surface area contributed by atoms with E-state index in [-0.39, 0.29) is 17.7 Å². The van der Waals surface area contributed by atoms with Crippen molar-refractivity contribution in [3.05, 3.63) is 48.0 Å². The van der Waals surface area contributed by atoms with Gasteiger partial charge in [-0.1, -0.05) is 43.3 Å². The molecule has 2 aromatic carbocycles. The van der Waals surface area contributed by atoms with Gasteiger partial charge in [-0.3, -0.25) is 9.59 Å². The fourth-order valence-corrected chi connectivity index (χ4v) is 3.52. The Morgan fingerprint density at radius 2 is 1.77 bits per heavy atom. The largest absolute Gasteiger partial charge is 0.355 e. The number of amides is 2. The molecule has 5 heteroatoms. The molecule has 0 spiro atoms. The third-order valence-corrected chi connectivity index (χ3v) is 5.02. The summed E-state index contributed by atoms with van der Waals surface area (Å²) in [7, 11) is 0. The number of fused-ring (bicyclic) bond motifs is 1. The molecule has 3 rings (SSSR count). The van der Waals surface area contributed by atoms with Crippen molar-refractivity contribution in [3.8, 4) is 0 Å². The third-order valence-electron chi connectivity index (χ3n) is 5.02. The molecule has 138 valence electrons. The van der Waals surface area contributed by atoms with E-state index < -0.39 is 0 Å². The van der Waals surface area contributed by atoms with Crippen LogP contribution in [-0.2, 0) is 4.79 Å². The van der Waals surface area contributed by atoms with Crippen LogP contribution in [0.3, 0.4) is 0 Å². The van der Waals surface area contributed by atoms with Gasteiger partial charge in [-0.2, -0.15) is 0 Å². The molecule has 1 aliphatic heterocycles. The van der Waals surface area contributed by atoms with Crippen molar-refractivity contribution in [3.63, 3.8) is 0 Å². The number of benzene rings is 2. The van der Waals surface area contributed by atoms with Gasteiger partial charge in [0, 0.05) is 37.7 Å². The normalized spacial score (nSPS) is 15.2. The average molecular weight is 353 g/mol. The van der Waals surface area contributed by atoms with E-state index >= 15 is 0 Å². The smallest absolute Gasteiger partial charge is 0.254 e. The Labute approximate surface area is 154 Å². The molecule has 2 N–H and O–H groups in total. The standard InChI is InChI=1S/C21H27N3O2/c1-2-22-12-13-23-20(25)17-10-14-24(15-11-17)21(26)19-9-5-7-16-6-3-4-8-18(16)19/h3-9,17,22H,2,10-15H2,1H3,(H,23,25). The molecule has 1 heterocycles. The van der Waals surface area contributed by atoms with Gasteiger partial charge in [0.15, 0.2) is 0 Å². The van der Waals surface area contributed by atoms with Crippen LogP contribution in [-0.4, -0.2) is 49.4 Å². The van der Waals surface area contributed by atoms with E-state index in [1.807, 2.05) is 54.3 Å². The number of likely N-dealkylation sites (N-methyl/N-ethyl adjacent to an activating group) is 1. The van der Waals surface area contributed by atoms with Gasteiger partial charge in [0.1, 0.15) is 0 Å². The van der Waals surface area contributed by atoms with Gasteiger partial charge in [0.05, 0.1) is 0 Å². The second-order valence-electron chi connectivity index (χ2n) is 6.74. The molecular weight excluding hydrogens is 326 g/mol. The summed E-state index contributed by atoms with van der Waals surface area (Å²) in [5.41, 5.74) is 0.747. The highest BCUT2D eigenvalue weighted by atomic mass is 16.2. The van der Waals surface area contributed by atoms with Gasteiger partial charge in [0.25, 0.3) is 5.91 Å². The molecule has 1 aliphatic rings. The first-order chi connectivity index (χ1) is 12.7. The zero-order chi connectivity index (χ0) is 18.4. The van der Waals surface area contributed by atoms with E-state index in [0.29, 0.717) is 19.6 Å². The van der Waals surface area contributed by atoms with E-state index in [1.165, 1.54) is 0 Å². The number of hydrogen-bond acceptors (Lipinski definition) is 3. The Morgan fingerprint density at radius 1 is 1.04 bits per heavy atom. The van der Waals surface area contributed by atoms with E-state index in [2.05, 4.69) is 10.6 Å². The van der Waals surface area contributed by atoms with Crippen molar-refractivity contribution in [1.29, 1.82) is 0 Å². The zero-order valence-corrected chi connectivity index (χ0v) is 15.3. The van der Waals surface area contributed by atoms with Crippen LogP contribution in [0.25, 0.3) is 10.8 Å². The maximum absolute atomic E-state index is 13.0. The lowest BCUT2D eigenvalue weighted by Gasteiger charge is -2.31. The lowest BCUT2D eigenvalue weighted by molar-refractivity contribution is -0.126. The Morgan fingerprint density at radius 3 is 2.54 bits per heavy atom. The molecular formula is C21H27N3O2. The average Bonchev–Trinajstić information content (AvgIpc) is 2.70. The van der Waals surface area contributed by atoms with Gasteiger partial charge < -0.3 is 15.5 Å². The summed E-state index contributed by atoms with van der Waals surface area (Å²) < 4.78 is 0. The van der Waals surface area contributed by atoms with Gasteiger partial charge in [0.2, 0.25) is 5.91 Å². The highest BCUT2D eigenvalue weighted by Crippen LogP contribution is 2.23. The van der Waals surface area contributed by atoms with E-state index in [0.717, 1.165) is 42.3 Å². The Bertz CT molecular complexity index is 761. The monoisotopic (exact) mass is 353 g/mol. The first-order valence-corrected chi connectivity index (χ1v) is 9.46. The molecule has 2 amide bonds. The maximum atomic E-state index is 13.0. The second-order valence-corrected chi connectivity index (χ2v) is 6.74. The minimum absolute atomic E-state index is 0.00759. The van der Waals surface area contributed by atoms with Gasteiger partial charge in [-0.05, 0) is 36.2 Å². The Balaban J connectivity index is 1.57. The second kappa shape index (κ2) is 8.81. The molecule has 0 saturated carbocycles. The minimum Gasteiger partial charge on any atom is -0.355 e. The van der Waals surface area contributed by atoms with Gasteiger partial charge in [-0.15, -0.1) is 0 Å². The summed E-state index contributed by atoms with van der Waals surface area (Å²) >= 11 is 0. The summed E-state index contributed by atoms with van der Waals surface area (Å²) in [5, 5.41) is 8.24. The zero-order valence-electron chi connectivity index (χ0n) is 15.3. The van der Waals surface area contributed by atoms with E-state index in [9.17, 15) is 9.59 Å². The van der Waals surface area contributed by atoms with Gasteiger partial charge >= 0.3 is 0 Å². The fourth-order valence-electron chi connectivity index (χ4n) is 3.52. The first kappa shape index (κ1) is 18.4. The maximum Gasteiger partial charge on any atom is 0.254 e. The number of likely N-dealkylation sites (tertiary alicyclic amines) is 1. The molecule has 2 aromatic rings. The lowest BCUT2D eigenvalue weighted by Crippen LogP contribution is -2.44. The molecule has 0 aliphatic carbocycles. The fraction of sp³-hybridized carbons (Fsp3) is 0.429. The quantitative estimate of drug-likeness (QED) is 0.784. The third kappa shape index (κ3) is 4.22. The van der Waals surface area contributed by atoms with Crippen LogP contribution in [0.5, 0.6) is 0 Å². The lowest BCUT2D eigenvalue weighted by atomic mass is 9.95. The molecule has 1 saturated heterocycles. The predicted octanol–water partition coefficient (Wildman–Crippen LogP) is 2.42. The minimum atomic E-state index is 0.00759. The molecule has 26 heavy (non-hydrogen) atoms. The Hall–Kier alpha value is -2.40. The number of carbonyl (C=O) groups excluding carboxylic acids is 2. The van der Waals surface area contributed by atoms with Crippen LogP contribution in [0.1, 0.15) is 30.1 Å². The summed E-state index contributed by atoms with van der Waals surface area (Å²) in [5.74, 6) is 0.182. The van der Waals surface area contributed by atoms with Crippen molar-refractivity contribution >= 4 is 22.6 Å². The topological polar surface area (TPSA) is 61.4 Å². The number of nitrogens with one attached hydrogen (secondary N) is 2. The van der Waals surface area contributed by atoms with Crippen LogP contribution in [0.2, 0.25) is 0 Å². The highest BCUT2D eigenvalue weighted by molar-refractivity contribution is 6.07. The van der Waals surface area contributed by atoms with Crippen molar-refractivity contribution in [2.75, 3.05) is 32.7 Å². The number of hydrogen-bond donors (Lipinski definition) is 2. The number of carbonyl (C=O) groups is 2. The van der Waals surface area contributed by atoms with Crippen LogP contribution >= 0.6 is 0 Å². The summed E-state index contributed by atoms with van der Waals surface area (Å²) in [6, 6.07) is 13.8. The van der Waals surface area contributed by atoms with Crippen LogP contribution in [0.15, 0.2) is 42.5 Å². The predicted molar refractivity (Wildman–Crippen MR) is 104 cm³/mol. The number of nitrogens with zero attached hydrogens (tertiary/aromatic N) is 1. The van der Waals surface area contributed by atoms with Crippen molar-refractivity contribution < 1.29 is 9.59 Å². The molecule has 0 radical (unpaired) electrons. The Kier molecular flexibility index (Phi) is 6.23. The summed E-state index contributed by atoms with van der Waals surface area (Å²) in [6.07, 6.45) is 1.45. The molecule has 0 atom stereocenters. The summed E-state index contributed by atoms with van der Waals surface area (Å²) in [4.78, 5) is 27.1. The van der Waals surface area contributed by atoms with Crippen LogP contribution < -0.4 is 10.6 Å². The molecule has 0 unspecified atom stereocenters. The van der Waals surface area contributed by atoms with Crippen molar-refractivity contribution in [1.82, 2.24) is 15.5 Å². The highest BCUT2D eigenvalue weighted by Gasteiger charge is 2.28. The SMILES string of the molecule is CCNCCNC(=O)C1CCN(C(=O)c2cccc3ccccc23)CC1. The molecule has 0 bridgehead atoms. The number of piperidine rings is 1. The van der Waals surface area contributed by atoms with Crippen LogP contribution in [0.4, 0.5) is 0 Å². The number of rotatable bonds is 6. The van der Waals surface area contributed by atoms with Crippen molar-refractivity contribution in [2.24, 2.45) is 5.92 Å². The van der Waals surface area contributed by atoms with Gasteiger partial charge in [-0.25, -0.2) is 0 Å². The van der Waals surface area contributed by atoms with E-state index in [4.69, 9.17) is 0 Å².